The molecule has 0 bridgehead atoms. The maximum atomic E-state index is 12.3. The van der Waals surface area contributed by atoms with Gasteiger partial charge in [-0.15, -0.1) is 0 Å². The van der Waals surface area contributed by atoms with Crippen LogP contribution in [0.5, 0.6) is 0 Å². The van der Waals surface area contributed by atoms with Crippen molar-refractivity contribution in [2.45, 2.75) is 50.2 Å². The molecule has 1 heterocycles. The van der Waals surface area contributed by atoms with Crippen LogP contribution in [0.4, 0.5) is 4.79 Å². The second kappa shape index (κ2) is 6.46. The van der Waals surface area contributed by atoms with Crippen LogP contribution in [-0.4, -0.2) is 52.6 Å². The van der Waals surface area contributed by atoms with Crippen LogP contribution in [-0.2, 0) is 4.79 Å². The Balaban J connectivity index is 1.88. The molecule has 1 saturated carbocycles. The van der Waals surface area contributed by atoms with Crippen molar-refractivity contribution in [3.8, 4) is 0 Å². The van der Waals surface area contributed by atoms with Gasteiger partial charge in [-0.3, -0.25) is 4.79 Å². The van der Waals surface area contributed by atoms with E-state index >= 15 is 0 Å². The molecular weight excluding hydrogens is 288 g/mol. The first kappa shape index (κ1) is 16.5. The van der Waals surface area contributed by atoms with Crippen LogP contribution in [0.3, 0.4) is 0 Å². The Hall–Kier alpha value is -0.910. The van der Waals surface area contributed by atoms with Crippen LogP contribution >= 0.6 is 11.8 Å². The highest BCUT2D eigenvalue weighted by molar-refractivity contribution is 8.00. The Morgan fingerprint density at radius 3 is 2.52 bits per heavy atom. The zero-order valence-electron chi connectivity index (χ0n) is 13.0. The Kier molecular flexibility index (Phi) is 5.07. The first-order valence-corrected chi connectivity index (χ1v) is 9.01. The summed E-state index contributed by atoms with van der Waals surface area (Å²) in [5.74, 6) is -0.765. The van der Waals surface area contributed by atoms with Gasteiger partial charge < -0.3 is 15.3 Å². The van der Waals surface area contributed by atoms with Crippen molar-refractivity contribution in [3.63, 3.8) is 0 Å². The predicted octanol–water partition coefficient (Wildman–Crippen LogP) is 2.56. The third-order valence-corrected chi connectivity index (χ3v) is 6.50. The molecule has 0 aromatic rings. The zero-order chi connectivity index (χ0) is 15.5. The summed E-state index contributed by atoms with van der Waals surface area (Å²) in [6.07, 6.45) is 7.68. The lowest BCUT2D eigenvalue weighted by Gasteiger charge is -2.40. The monoisotopic (exact) mass is 314 g/mol. The summed E-state index contributed by atoms with van der Waals surface area (Å²) in [5, 5.41) is 12.5. The van der Waals surface area contributed by atoms with Crippen molar-refractivity contribution in [3.05, 3.63) is 0 Å². The molecule has 0 aromatic heterocycles. The molecule has 2 fully saturated rings. The number of carboxylic acids is 1. The van der Waals surface area contributed by atoms with Crippen LogP contribution in [0, 0.1) is 5.41 Å². The molecular formula is C15H26N2O3S. The number of carbonyl (C=O) groups excluding carboxylic acids is 1. The van der Waals surface area contributed by atoms with Crippen molar-refractivity contribution < 1.29 is 14.7 Å². The van der Waals surface area contributed by atoms with Crippen molar-refractivity contribution in [1.82, 2.24) is 10.2 Å². The quantitative estimate of drug-likeness (QED) is 0.790. The molecule has 1 aliphatic carbocycles. The van der Waals surface area contributed by atoms with Crippen LogP contribution < -0.4 is 5.32 Å². The second-order valence-electron chi connectivity index (χ2n) is 6.41. The number of nitrogens with one attached hydrogen (secondary N) is 1. The predicted molar refractivity (Wildman–Crippen MR) is 84.7 cm³/mol. The van der Waals surface area contributed by atoms with Gasteiger partial charge in [-0.05, 0) is 31.9 Å². The van der Waals surface area contributed by atoms with Gasteiger partial charge in [-0.2, -0.15) is 11.8 Å². The zero-order valence-corrected chi connectivity index (χ0v) is 13.8. The van der Waals surface area contributed by atoms with Gasteiger partial charge >= 0.3 is 12.0 Å². The molecule has 1 atom stereocenters. The molecule has 2 aliphatic rings. The number of hydrogen-bond acceptors (Lipinski definition) is 3. The Bertz CT molecular complexity index is 406. The largest absolute Gasteiger partial charge is 0.481 e. The molecule has 2 N–H and O–H groups in total. The van der Waals surface area contributed by atoms with E-state index in [2.05, 4.69) is 11.6 Å². The summed E-state index contributed by atoms with van der Waals surface area (Å²) in [6.45, 7) is 3.57. The third kappa shape index (κ3) is 3.30. The van der Waals surface area contributed by atoms with Crippen LogP contribution in [0.2, 0.25) is 0 Å². The first-order chi connectivity index (χ1) is 9.97. The third-order valence-electron chi connectivity index (χ3n) is 5.08. The van der Waals surface area contributed by atoms with Gasteiger partial charge in [0.05, 0.1) is 5.41 Å². The molecule has 0 radical (unpaired) electrons. The lowest BCUT2D eigenvalue weighted by atomic mass is 9.83. The number of hydrogen-bond donors (Lipinski definition) is 2. The topological polar surface area (TPSA) is 69.6 Å². The minimum absolute atomic E-state index is 0.102. The first-order valence-electron chi connectivity index (χ1n) is 7.78. The molecule has 5 nitrogen and oxygen atoms in total. The average molecular weight is 314 g/mol. The smallest absolute Gasteiger partial charge is 0.317 e. The number of amides is 2. The van der Waals surface area contributed by atoms with E-state index in [1.165, 1.54) is 6.42 Å². The van der Waals surface area contributed by atoms with Crippen LogP contribution in [0.15, 0.2) is 0 Å². The number of likely N-dealkylation sites (tertiary alicyclic amines) is 1. The van der Waals surface area contributed by atoms with E-state index in [0.717, 1.165) is 19.3 Å². The Labute approximate surface area is 130 Å². The molecule has 2 rings (SSSR count). The fourth-order valence-electron chi connectivity index (χ4n) is 3.38. The SMILES string of the molecule is CCCC1(C(=O)O)CCN(C(=O)NCC2(SC)CCC2)C1. The number of rotatable bonds is 6. The van der Waals surface area contributed by atoms with Gasteiger partial charge in [0, 0.05) is 24.4 Å². The van der Waals surface area contributed by atoms with Gasteiger partial charge in [0.25, 0.3) is 0 Å². The van der Waals surface area contributed by atoms with Crippen molar-refractivity contribution in [1.29, 1.82) is 0 Å². The van der Waals surface area contributed by atoms with E-state index in [1.54, 1.807) is 4.90 Å². The Morgan fingerprint density at radius 2 is 2.05 bits per heavy atom. The standard InChI is InChI=1S/C15H26N2O3S/c1-3-5-14(12(18)19)8-9-17(11-14)13(20)16-10-15(21-2)6-4-7-15/h3-11H2,1-2H3,(H,16,20)(H,18,19). The molecule has 21 heavy (non-hydrogen) atoms. The van der Waals surface area contributed by atoms with E-state index in [9.17, 15) is 14.7 Å². The Morgan fingerprint density at radius 1 is 1.33 bits per heavy atom. The second-order valence-corrected chi connectivity index (χ2v) is 7.68. The number of nitrogens with zero attached hydrogens (tertiary/aromatic N) is 1. The van der Waals surface area contributed by atoms with Crippen molar-refractivity contribution in [2.75, 3.05) is 25.9 Å². The van der Waals surface area contributed by atoms with Gasteiger partial charge in [-0.25, -0.2) is 4.79 Å². The maximum Gasteiger partial charge on any atom is 0.317 e. The molecule has 1 saturated heterocycles. The van der Waals surface area contributed by atoms with Gasteiger partial charge in [-0.1, -0.05) is 19.8 Å². The summed E-state index contributed by atoms with van der Waals surface area (Å²) in [4.78, 5) is 25.5. The van der Waals surface area contributed by atoms with Crippen LogP contribution in [0.1, 0.15) is 45.4 Å². The maximum absolute atomic E-state index is 12.3. The van der Waals surface area contributed by atoms with E-state index in [1.807, 2.05) is 18.7 Å². The van der Waals surface area contributed by atoms with Crippen LogP contribution in [0.25, 0.3) is 0 Å². The highest BCUT2D eigenvalue weighted by Crippen LogP contribution is 2.42. The number of aliphatic carboxylic acids is 1. The molecule has 6 heteroatoms. The number of thioether (sulfide) groups is 1. The summed E-state index contributed by atoms with van der Waals surface area (Å²) >= 11 is 1.83. The van der Waals surface area contributed by atoms with Gasteiger partial charge in [0.2, 0.25) is 0 Å². The lowest BCUT2D eigenvalue weighted by Crippen LogP contribution is -2.49. The molecule has 2 amide bonds. The van der Waals surface area contributed by atoms with E-state index in [4.69, 9.17) is 0 Å². The highest BCUT2D eigenvalue weighted by atomic mass is 32.2. The molecule has 1 aliphatic heterocycles. The summed E-state index contributed by atoms with van der Waals surface area (Å²) < 4.78 is 0.211. The molecule has 0 spiro atoms. The summed E-state index contributed by atoms with van der Waals surface area (Å²) in [7, 11) is 0. The minimum Gasteiger partial charge on any atom is -0.481 e. The molecule has 0 aromatic carbocycles. The summed E-state index contributed by atoms with van der Waals surface area (Å²) in [5.41, 5.74) is -0.736. The van der Waals surface area contributed by atoms with Gasteiger partial charge in [0.1, 0.15) is 0 Å². The minimum atomic E-state index is -0.765. The lowest BCUT2D eigenvalue weighted by molar-refractivity contribution is -0.148. The number of carbonyl (C=O) groups is 2. The number of carboxylic acid groups (broad SMARTS) is 1. The van der Waals surface area contributed by atoms with E-state index in [-0.39, 0.29) is 10.8 Å². The molecule has 120 valence electrons. The van der Waals surface area contributed by atoms with Gasteiger partial charge in [0.15, 0.2) is 0 Å². The van der Waals surface area contributed by atoms with E-state index < -0.39 is 11.4 Å². The normalized spacial score (nSPS) is 27.2. The van der Waals surface area contributed by atoms with Crippen molar-refractivity contribution in [2.24, 2.45) is 5.41 Å². The van der Waals surface area contributed by atoms with E-state index in [0.29, 0.717) is 32.5 Å². The highest BCUT2D eigenvalue weighted by Gasteiger charge is 2.45. The summed E-state index contributed by atoms with van der Waals surface area (Å²) in [6, 6.07) is -0.102. The fraction of sp³-hybridized carbons (Fsp3) is 0.867. The fourth-order valence-corrected chi connectivity index (χ4v) is 4.30. The average Bonchev–Trinajstić information content (AvgIpc) is 2.84. The molecule has 1 unspecified atom stereocenters. The number of urea groups is 1. The van der Waals surface area contributed by atoms with Crippen molar-refractivity contribution >= 4 is 23.8 Å².